The third-order valence-corrected chi connectivity index (χ3v) is 5.32. The molecule has 128 valence electrons. The monoisotopic (exact) mass is 337 g/mol. The van der Waals surface area contributed by atoms with Gasteiger partial charge in [0.15, 0.2) is 0 Å². The maximum atomic E-state index is 12.4. The number of thiophene rings is 1. The molecular weight excluding hydrogens is 310 g/mol. The Morgan fingerprint density at radius 2 is 1.83 bits per heavy atom. The van der Waals surface area contributed by atoms with Crippen molar-refractivity contribution in [1.82, 2.24) is 4.90 Å². The molecule has 0 atom stereocenters. The summed E-state index contributed by atoms with van der Waals surface area (Å²) in [6.07, 6.45) is 6.13. The molecule has 1 heterocycles. The highest BCUT2D eigenvalue weighted by atomic mass is 32.1. The van der Waals surface area contributed by atoms with Gasteiger partial charge in [-0.2, -0.15) is 0 Å². The Bertz CT molecular complexity index is 562. The summed E-state index contributed by atoms with van der Waals surface area (Å²) < 4.78 is 0. The van der Waals surface area contributed by atoms with Crippen LogP contribution in [-0.4, -0.2) is 36.3 Å². The van der Waals surface area contributed by atoms with Crippen molar-refractivity contribution in [2.24, 2.45) is 5.73 Å². The Hall–Kier alpha value is -1.40. The molecule has 23 heavy (non-hydrogen) atoms. The van der Waals surface area contributed by atoms with Gasteiger partial charge < -0.3 is 11.1 Å². The molecule has 3 N–H and O–H groups in total. The number of aryl methyl sites for hydroxylation is 1. The Labute approximate surface area is 142 Å². The Morgan fingerprint density at radius 3 is 2.43 bits per heavy atom. The van der Waals surface area contributed by atoms with Crippen LogP contribution in [0.1, 0.15) is 60.3 Å². The lowest BCUT2D eigenvalue weighted by Gasteiger charge is -2.20. The van der Waals surface area contributed by atoms with Gasteiger partial charge in [-0.1, -0.05) is 13.8 Å². The Balaban J connectivity index is 2.11. The number of nitrogens with two attached hydrogens (primary N) is 1. The van der Waals surface area contributed by atoms with Gasteiger partial charge in [-0.25, -0.2) is 0 Å². The fraction of sp³-hybridized carbons (Fsp3) is 0.647. The van der Waals surface area contributed by atoms with Gasteiger partial charge in [-0.15, -0.1) is 11.3 Å². The van der Waals surface area contributed by atoms with Crippen LogP contribution in [0.4, 0.5) is 5.00 Å². The number of nitrogens with one attached hydrogen (secondary N) is 1. The van der Waals surface area contributed by atoms with Crippen LogP contribution in [0.5, 0.6) is 0 Å². The highest BCUT2D eigenvalue weighted by Crippen LogP contribution is 2.37. The van der Waals surface area contributed by atoms with Crippen molar-refractivity contribution in [3.05, 3.63) is 16.0 Å². The fourth-order valence-electron chi connectivity index (χ4n) is 3.19. The molecule has 6 heteroatoms. The summed E-state index contributed by atoms with van der Waals surface area (Å²) in [4.78, 5) is 27.5. The summed E-state index contributed by atoms with van der Waals surface area (Å²) in [6.45, 7) is 6.40. The third kappa shape index (κ3) is 4.54. The van der Waals surface area contributed by atoms with Crippen molar-refractivity contribution < 1.29 is 9.59 Å². The molecule has 1 aliphatic rings. The van der Waals surface area contributed by atoms with Crippen molar-refractivity contribution in [2.45, 2.75) is 52.4 Å². The minimum atomic E-state index is -0.432. The molecule has 5 nitrogen and oxygen atoms in total. The van der Waals surface area contributed by atoms with Gasteiger partial charge in [-0.05, 0) is 57.2 Å². The average Bonchev–Trinajstić information content (AvgIpc) is 2.85. The van der Waals surface area contributed by atoms with E-state index in [-0.39, 0.29) is 5.91 Å². The highest BCUT2D eigenvalue weighted by Gasteiger charge is 2.25. The molecule has 0 saturated carbocycles. The maximum absolute atomic E-state index is 12.4. The van der Waals surface area contributed by atoms with E-state index in [0.717, 1.165) is 57.2 Å². The second kappa shape index (κ2) is 8.45. The van der Waals surface area contributed by atoms with Gasteiger partial charge in [0.2, 0.25) is 5.91 Å². The Morgan fingerprint density at radius 1 is 1.17 bits per heavy atom. The predicted molar refractivity (Wildman–Crippen MR) is 95.1 cm³/mol. The highest BCUT2D eigenvalue weighted by molar-refractivity contribution is 7.17. The van der Waals surface area contributed by atoms with E-state index in [1.807, 2.05) is 0 Å². The van der Waals surface area contributed by atoms with Crippen LogP contribution in [0.2, 0.25) is 0 Å². The molecule has 1 aliphatic carbocycles. The third-order valence-electron chi connectivity index (χ3n) is 4.12. The summed E-state index contributed by atoms with van der Waals surface area (Å²) in [5.74, 6) is -0.494. The van der Waals surface area contributed by atoms with E-state index in [9.17, 15) is 9.59 Å². The maximum Gasteiger partial charge on any atom is 0.251 e. The van der Waals surface area contributed by atoms with E-state index in [1.165, 1.54) is 16.2 Å². The van der Waals surface area contributed by atoms with Gasteiger partial charge in [0.25, 0.3) is 5.91 Å². The van der Waals surface area contributed by atoms with Crippen molar-refractivity contribution in [1.29, 1.82) is 0 Å². The summed E-state index contributed by atoms with van der Waals surface area (Å²) in [5.41, 5.74) is 7.16. The number of carbonyl (C=O) groups excluding carboxylic acids is 2. The van der Waals surface area contributed by atoms with Crippen LogP contribution in [0, 0.1) is 0 Å². The SMILES string of the molecule is CCCN(CCC)CC(=O)Nc1sc2c(c1C(N)=O)CCCC2. The van der Waals surface area contributed by atoms with E-state index >= 15 is 0 Å². The molecule has 0 fully saturated rings. The van der Waals surface area contributed by atoms with Crippen molar-refractivity contribution in [2.75, 3.05) is 25.0 Å². The molecule has 0 spiro atoms. The number of nitrogens with zero attached hydrogens (tertiary/aromatic N) is 1. The zero-order chi connectivity index (χ0) is 16.8. The first kappa shape index (κ1) is 17.9. The molecule has 1 aromatic heterocycles. The van der Waals surface area contributed by atoms with E-state index < -0.39 is 5.91 Å². The lowest BCUT2D eigenvalue weighted by Crippen LogP contribution is -2.34. The van der Waals surface area contributed by atoms with E-state index in [0.29, 0.717) is 17.1 Å². The minimum Gasteiger partial charge on any atom is -0.365 e. The number of carbonyl (C=O) groups is 2. The zero-order valence-corrected chi connectivity index (χ0v) is 14.9. The summed E-state index contributed by atoms with van der Waals surface area (Å²) >= 11 is 1.52. The van der Waals surface area contributed by atoms with Gasteiger partial charge >= 0.3 is 0 Å². The van der Waals surface area contributed by atoms with Crippen molar-refractivity contribution in [3.8, 4) is 0 Å². The molecule has 2 rings (SSSR count). The molecule has 0 saturated heterocycles. The first-order valence-corrected chi connectivity index (χ1v) is 9.35. The van der Waals surface area contributed by atoms with E-state index in [1.54, 1.807) is 0 Å². The molecule has 0 bridgehead atoms. The fourth-order valence-corrected chi connectivity index (χ4v) is 4.50. The van der Waals surface area contributed by atoms with Gasteiger partial charge in [0.05, 0.1) is 12.1 Å². The number of anilines is 1. The van der Waals surface area contributed by atoms with Crippen LogP contribution in [-0.2, 0) is 17.6 Å². The molecule has 0 aliphatic heterocycles. The standard InChI is InChI=1S/C17H27N3O2S/c1-3-9-20(10-4-2)11-14(21)19-17-15(16(18)22)12-7-5-6-8-13(12)23-17/h3-11H2,1-2H3,(H2,18,22)(H,19,21). The molecule has 0 radical (unpaired) electrons. The quantitative estimate of drug-likeness (QED) is 0.766. The lowest BCUT2D eigenvalue weighted by molar-refractivity contribution is -0.117. The van der Waals surface area contributed by atoms with E-state index in [4.69, 9.17) is 5.73 Å². The first-order chi connectivity index (χ1) is 11.1. The minimum absolute atomic E-state index is 0.0620. The normalized spacial score (nSPS) is 13.9. The number of fused-ring (bicyclic) bond motifs is 1. The average molecular weight is 337 g/mol. The van der Waals surface area contributed by atoms with Crippen LogP contribution >= 0.6 is 11.3 Å². The summed E-state index contributed by atoms with van der Waals surface area (Å²) in [7, 11) is 0. The predicted octanol–water partition coefficient (Wildman–Crippen LogP) is 2.79. The number of primary amides is 1. The molecule has 0 unspecified atom stereocenters. The second-order valence-corrected chi connectivity index (χ2v) is 7.21. The van der Waals surface area contributed by atoms with Crippen molar-refractivity contribution in [3.63, 3.8) is 0 Å². The number of rotatable bonds is 8. The topological polar surface area (TPSA) is 75.4 Å². The van der Waals surface area contributed by atoms with Crippen LogP contribution in [0.3, 0.4) is 0 Å². The number of hydrogen-bond donors (Lipinski definition) is 2. The van der Waals surface area contributed by atoms with Gasteiger partial charge in [0.1, 0.15) is 5.00 Å². The second-order valence-electron chi connectivity index (χ2n) is 6.10. The van der Waals surface area contributed by atoms with Gasteiger partial charge in [0, 0.05) is 4.88 Å². The first-order valence-electron chi connectivity index (χ1n) is 8.53. The zero-order valence-electron chi connectivity index (χ0n) is 14.1. The van der Waals surface area contributed by atoms with Crippen LogP contribution in [0.25, 0.3) is 0 Å². The molecule has 2 amide bonds. The van der Waals surface area contributed by atoms with Crippen LogP contribution < -0.4 is 11.1 Å². The lowest BCUT2D eigenvalue weighted by atomic mass is 9.95. The van der Waals surface area contributed by atoms with Crippen molar-refractivity contribution >= 4 is 28.2 Å². The molecular formula is C17H27N3O2S. The summed E-state index contributed by atoms with van der Waals surface area (Å²) in [6, 6.07) is 0. The number of hydrogen-bond acceptors (Lipinski definition) is 4. The van der Waals surface area contributed by atoms with E-state index in [2.05, 4.69) is 24.1 Å². The smallest absolute Gasteiger partial charge is 0.251 e. The Kier molecular flexibility index (Phi) is 6.59. The summed E-state index contributed by atoms with van der Waals surface area (Å²) in [5, 5.41) is 3.57. The molecule has 1 aromatic rings. The largest absolute Gasteiger partial charge is 0.365 e. The molecule has 0 aromatic carbocycles. The number of amides is 2. The van der Waals surface area contributed by atoms with Crippen LogP contribution in [0.15, 0.2) is 0 Å². The van der Waals surface area contributed by atoms with Gasteiger partial charge in [-0.3, -0.25) is 14.5 Å².